The fraction of sp³-hybridized carbons (Fsp3) is 0.132. The van der Waals surface area contributed by atoms with Crippen molar-refractivity contribution in [1.29, 1.82) is 0 Å². The van der Waals surface area contributed by atoms with Gasteiger partial charge in [0.2, 0.25) is 0 Å². The summed E-state index contributed by atoms with van der Waals surface area (Å²) in [6.07, 6.45) is -2.23. The molecule has 1 N–H and O–H groups in total. The molecule has 7 rings (SSSR count). The molecule has 1 amide bonds. The normalized spacial score (nSPS) is 18.1. The second-order valence-corrected chi connectivity index (χ2v) is 11.4. The molecule has 3 heterocycles. The van der Waals surface area contributed by atoms with Crippen molar-refractivity contribution in [3.05, 3.63) is 156 Å². The van der Waals surface area contributed by atoms with Crippen LogP contribution in [0.15, 0.2) is 134 Å². The lowest BCUT2D eigenvalue weighted by Crippen LogP contribution is -2.41. The maximum Gasteiger partial charge on any atom is 0.338 e. The lowest BCUT2D eigenvalue weighted by Gasteiger charge is -2.25. The minimum atomic E-state index is -1.29. The number of esters is 3. The third-order valence-electron chi connectivity index (χ3n) is 8.08. The van der Waals surface area contributed by atoms with E-state index in [9.17, 15) is 19.2 Å². The fourth-order valence-corrected chi connectivity index (χ4v) is 5.58. The maximum atomic E-state index is 13.5. The van der Waals surface area contributed by atoms with Crippen molar-refractivity contribution in [2.45, 2.75) is 24.5 Å². The summed E-state index contributed by atoms with van der Waals surface area (Å²) in [6, 6.07) is 33.5. The smallest absolute Gasteiger partial charge is 0.338 e. The van der Waals surface area contributed by atoms with Crippen LogP contribution < -0.4 is 5.32 Å². The second kappa shape index (κ2) is 14.8. The van der Waals surface area contributed by atoms with Gasteiger partial charge in [-0.3, -0.25) is 9.36 Å². The quantitative estimate of drug-likeness (QED) is 0.148. The highest BCUT2D eigenvalue weighted by Crippen LogP contribution is 2.37. The van der Waals surface area contributed by atoms with E-state index in [0.29, 0.717) is 11.1 Å². The lowest BCUT2D eigenvalue weighted by molar-refractivity contribution is -0.0606. The van der Waals surface area contributed by atoms with Crippen molar-refractivity contribution >= 4 is 40.8 Å². The molecule has 0 aliphatic carbocycles. The van der Waals surface area contributed by atoms with Gasteiger partial charge in [0.05, 0.1) is 23.0 Å². The molecule has 51 heavy (non-hydrogen) atoms. The molecule has 254 valence electrons. The predicted molar refractivity (Wildman–Crippen MR) is 182 cm³/mol. The van der Waals surface area contributed by atoms with Crippen molar-refractivity contribution < 1.29 is 38.1 Å². The molecule has 1 aliphatic rings. The van der Waals surface area contributed by atoms with Crippen molar-refractivity contribution in [3.8, 4) is 0 Å². The second-order valence-electron chi connectivity index (χ2n) is 11.4. The number of rotatable bonds is 10. The molecule has 13 nitrogen and oxygen atoms in total. The number of ether oxygens (including phenoxy) is 4. The van der Waals surface area contributed by atoms with Crippen LogP contribution in [0.1, 0.15) is 47.7 Å². The minimum absolute atomic E-state index is 0.129. The number of aromatic nitrogens is 4. The average Bonchev–Trinajstić information content (AvgIpc) is 3.76. The lowest BCUT2D eigenvalue weighted by atomic mass is 10.1. The van der Waals surface area contributed by atoms with Crippen LogP contribution in [0.25, 0.3) is 11.2 Å². The van der Waals surface area contributed by atoms with Gasteiger partial charge < -0.3 is 24.3 Å². The number of imidazole rings is 1. The van der Waals surface area contributed by atoms with E-state index in [1.807, 2.05) is 0 Å². The van der Waals surface area contributed by atoms with Crippen LogP contribution >= 0.6 is 0 Å². The largest absolute Gasteiger partial charge is 0.459 e. The van der Waals surface area contributed by atoms with Crippen LogP contribution in [-0.2, 0) is 18.9 Å². The molecule has 1 fully saturated rings. The van der Waals surface area contributed by atoms with Gasteiger partial charge >= 0.3 is 17.9 Å². The Balaban J connectivity index is 1.25. The Bertz CT molecular complexity index is 2160. The van der Waals surface area contributed by atoms with Crippen LogP contribution in [-0.4, -0.2) is 68.3 Å². The van der Waals surface area contributed by atoms with Crippen molar-refractivity contribution in [1.82, 2.24) is 19.5 Å². The van der Waals surface area contributed by atoms with E-state index in [-0.39, 0.29) is 34.7 Å². The average molecular weight is 684 g/mol. The van der Waals surface area contributed by atoms with E-state index in [2.05, 4.69) is 20.3 Å². The molecule has 13 heteroatoms. The Morgan fingerprint density at radius 3 is 1.71 bits per heavy atom. The number of amides is 1. The molecular formula is C38H29N5O8. The first-order valence-corrected chi connectivity index (χ1v) is 15.9. The maximum absolute atomic E-state index is 13.5. The fourth-order valence-electron chi connectivity index (χ4n) is 5.58. The molecule has 0 radical (unpaired) electrons. The van der Waals surface area contributed by atoms with Crippen molar-refractivity contribution in [3.63, 3.8) is 0 Å². The first-order chi connectivity index (χ1) is 25.0. The summed E-state index contributed by atoms with van der Waals surface area (Å²) in [5, 5.41) is 2.76. The van der Waals surface area contributed by atoms with E-state index < -0.39 is 48.4 Å². The number of fused-ring (bicyclic) bond motifs is 1. The van der Waals surface area contributed by atoms with Crippen LogP contribution in [0, 0.1) is 0 Å². The molecule has 4 aromatic carbocycles. The van der Waals surface area contributed by atoms with Crippen LogP contribution in [0.5, 0.6) is 0 Å². The highest BCUT2D eigenvalue weighted by atomic mass is 16.7. The number of nitrogens with one attached hydrogen (secondary N) is 1. The van der Waals surface area contributed by atoms with Gasteiger partial charge in [-0.05, 0) is 48.5 Å². The van der Waals surface area contributed by atoms with Gasteiger partial charge in [-0.15, -0.1) is 0 Å². The minimum Gasteiger partial charge on any atom is -0.459 e. The molecule has 0 spiro atoms. The first kappa shape index (κ1) is 32.8. The number of benzene rings is 4. The number of hydrogen-bond donors (Lipinski definition) is 1. The Morgan fingerprint density at radius 1 is 0.627 bits per heavy atom. The summed E-state index contributed by atoms with van der Waals surface area (Å²) in [5.41, 5.74) is 1.64. The molecule has 0 bridgehead atoms. The SMILES string of the molecule is O=C(Nc1ncnc2c1ncn2[C@@H]1O[C@@H](COC(=O)c2ccccc2)[C@H](OC(=O)c2ccccc2)[C@H]1OC(=O)c1ccccc1)c1ccccc1. The van der Waals surface area contributed by atoms with Gasteiger partial charge in [0, 0.05) is 5.56 Å². The summed E-state index contributed by atoms with van der Waals surface area (Å²) >= 11 is 0. The molecule has 6 aromatic rings. The molecule has 1 saturated heterocycles. The van der Waals surface area contributed by atoms with Crippen molar-refractivity contribution in [2.24, 2.45) is 0 Å². The van der Waals surface area contributed by atoms with Gasteiger partial charge in [0.1, 0.15) is 19.0 Å². The van der Waals surface area contributed by atoms with Gasteiger partial charge in [-0.1, -0.05) is 72.8 Å². The van der Waals surface area contributed by atoms with Gasteiger partial charge in [0.15, 0.2) is 35.4 Å². The highest BCUT2D eigenvalue weighted by molar-refractivity contribution is 6.06. The summed E-state index contributed by atoms with van der Waals surface area (Å²) in [5.74, 6) is -2.34. The zero-order valence-electron chi connectivity index (χ0n) is 26.8. The highest BCUT2D eigenvalue weighted by Gasteiger charge is 2.52. The third kappa shape index (κ3) is 7.19. The zero-order valence-corrected chi connectivity index (χ0v) is 26.8. The number of nitrogens with zero attached hydrogens (tertiary/aromatic N) is 4. The third-order valence-corrected chi connectivity index (χ3v) is 8.08. The van der Waals surface area contributed by atoms with Crippen LogP contribution in [0.2, 0.25) is 0 Å². The zero-order chi connectivity index (χ0) is 35.2. The van der Waals surface area contributed by atoms with Gasteiger partial charge in [0.25, 0.3) is 5.91 Å². The summed E-state index contributed by atoms with van der Waals surface area (Å²) in [7, 11) is 0. The monoisotopic (exact) mass is 683 g/mol. The molecular weight excluding hydrogens is 654 g/mol. The molecule has 0 unspecified atom stereocenters. The summed E-state index contributed by atoms with van der Waals surface area (Å²) < 4.78 is 25.6. The summed E-state index contributed by atoms with van der Waals surface area (Å²) in [4.78, 5) is 66.1. The number of carbonyl (C=O) groups is 4. The molecule has 2 aromatic heterocycles. The molecule has 4 atom stereocenters. The topological polar surface area (TPSA) is 161 Å². The van der Waals surface area contributed by atoms with E-state index in [0.717, 1.165) is 0 Å². The van der Waals surface area contributed by atoms with Crippen molar-refractivity contribution in [2.75, 3.05) is 11.9 Å². The van der Waals surface area contributed by atoms with E-state index in [1.165, 1.54) is 17.2 Å². The Kier molecular flexibility index (Phi) is 9.52. The van der Waals surface area contributed by atoms with E-state index in [4.69, 9.17) is 18.9 Å². The Labute approximate surface area is 290 Å². The van der Waals surface area contributed by atoms with Crippen LogP contribution in [0.3, 0.4) is 0 Å². The number of hydrogen-bond acceptors (Lipinski definition) is 11. The molecule has 1 aliphatic heterocycles. The standard InChI is InChI=1S/C38H29N5O8/c44-34(24-13-5-1-6-14-24)42-32-29-33(40-22-39-32)43(23-41-29)35-31(51-38(47)27-19-11-4-12-20-27)30(50-37(46)26-17-9-3-10-18-26)28(49-35)21-48-36(45)25-15-7-2-8-16-25/h1-20,22-23,28,30-31,35H,21H2,(H,39,40,42,44)/t28-,30-,31+,35+/m0/s1. The molecule has 0 saturated carbocycles. The first-order valence-electron chi connectivity index (χ1n) is 15.9. The van der Waals surface area contributed by atoms with Gasteiger partial charge in [-0.2, -0.15) is 0 Å². The Morgan fingerprint density at radius 2 is 1.14 bits per heavy atom. The van der Waals surface area contributed by atoms with Crippen LogP contribution in [0.4, 0.5) is 5.82 Å². The van der Waals surface area contributed by atoms with Gasteiger partial charge in [-0.25, -0.2) is 29.3 Å². The number of carbonyl (C=O) groups excluding carboxylic acids is 4. The Hall–Kier alpha value is -6.73. The summed E-state index contributed by atoms with van der Waals surface area (Å²) in [6.45, 7) is -0.365. The van der Waals surface area contributed by atoms with E-state index >= 15 is 0 Å². The number of anilines is 1. The van der Waals surface area contributed by atoms with E-state index in [1.54, 1.807) is 121 Å². The predicted octanol–water partition coefficient (Wildman–Crippen LogP) is 5.28.